The van der Waals surface area contributed by atoms with E-state index in [1.165, 1.54) is 0 Å². The minimum absolute atomic E-state index is 0.323. The summed E-state index contributed by atoms with van der Waals surface area (Å²) in [6, 6.07) is 13.8. The molecule has 2 aromatic heterocycles. The summed E-state index contributed by atoms with van der Waals surface area (Å²) in [7, 11) is 3.26. The summed E-state index contributed by atoms with van der Waals surface area (Å²) in [4.78, 5) is 9.11. The van der Waals surface area contributed by atoms with Crippen LogP contribution in [0.25, 0.3) is 16.7 Å². The van der Waals surface area contributed by atoms with E-state index in [0.29, 0.717) is 34.9 Å². The Morgan fingerprint density at radius 3 is 2.50 bits per heavy atom. The number of rotatable bonds is 6. The molecule has 0 unspecified atom stereocenters. The van der Waals surface area contributed by atoms with Crippen LogP contribution in [0, 0.1) is 25.2 Å². The smallest absolute Gasteiger partial charge is 0.224 e. The summed E-state index contributed by atoms with van der Waals surface area (Å²) in [5.41, 5.74) is 11.1. The van der Waals surface area contributed by atoms with Gasteiger partial charge in [0.25, 0.3) is 0 Å². The van der Waals surface area contributed by atoms with E-state index >= 15 is 0 Å². The van der Waals surface area contributed by atoms with E-state index in [1.807, 2.05) is 50.2 Å². The summed E-state index contributed by atoms with van der Waals surface area (Å²) in [6.07, 6.45) is 1.63. The van der Waals surface area contributed by atoms with Crippen molar-refractivity contribution in [2.75, 3.05) is 25.3 Å². The minimum Gasteiger partial charge on any atom is -0.497 e. The highest BCUT2D eigenvalue weighted by Gasteiger charge is 2.22. The zero-order valence-corrected chi connectivity index (χ0v) is 18.4. The SMILES string of the molecule is COc1ccc(CNc2ncc3c(C#N)c(N)n(-c4c(C)ccc(OC)c4C)c3n2)cc1. The molecule has 0 bridgehead atoms. The molecule has 4 aromatic rings. The fourth-order valence-corrected chi connectivity index (χ4v) is 3.82. The minimum atomic E-state index is 0.323. The number of nitrogen functional groups attached to an aromatic ring is 1. The summed E-state index contributed by atoms with van der Waals surface area (Å²) < 4.78 is 12.5. The molecule has 32 heavy (non-hydrogen) atoms. The van der Waals surface area contributed by atoms with E-state index in [1.54, 1.807) is 25.0 Å². The number of nitrogens with zero attached hydrogens (tertiary/aromatic N) is 4. The van der Waals surface area contributed by atoms with Gasteiger partial charge in [-0.05, 0) is 43.2 Å². The molecule has 3 N–H and O–H groups in total. The number of hydrogen-bond donors (Lipinski definition) is 2. The first-order valence-corrected chi connectivity index (χ1v) is 10.1. The van der Waals surface area contributed by atoms with Crippen LogP contribution in [-0.4, -0.2) is 28.8 Å². The van der Waals surface area contributed by atoms with Crippen molar-refractivity contribution in [3.05, 3.63) is 64.8 Å². The maximum atomic E-state index is 9.73. The molecule has 8 nitrogen and oxygen atoms in total. The lowest BCUT2D eigenvalue weighted by Crippen LogP contribution is -2.08. The Morgan fingerprint density at radius 1 is 1.09 bits per heavy atom. The Morgan fingerprint density at radius 2 is 1.84 bits per heavy atom. The Kier molecular flexibility index (Phi) is 5.56. The van der Waals surface area contributed by atoms with Crippen molar-refractivity contribution in [3.63, 3.8) is 0 Å². The topological polar surface area (TPSA) is 111 Å². The van der Waals surface area contributed by atoms with E-state index in [4.69, 9.17) is 20.2 Å². The zero-order chi connectivity index (χ0) is 22.8. The predicted octanol–water partition coefficient (Wildman–Crippen LogP) is 4.12. The summed E-state index contributed by atoms with van der Waals surface area (Å²) in [6.45, 7) is 4.49. The number of hydrogen-bond acceptors (Lipinski definition) is 7. The molecule has 0 aliphatic heterocycles. The third kappa shape index (κ3) is 3.54. The van der Waals surface area contributed by atoms with Crippen LogP contribution in [-0.2, 0) is 6.54 Å². The van der Waals surface area contributed by atoms with Gasteiger partial charge in [0.2, 0.25) is 5.95 Å². The third-order valence-corrected chi connectivity index (χ3v) is 5.49. The van der Waals surface area contributed by atoms with Gasteiger partial charge in [-0.25, -0.2) is 4.98 Å². The van der Waals surface area contributed by atoms with Crippen molar-refractivity contribution < 1.29 is 9.47 Å². The van der Waals surface area contributed by atoms with Gasteiger partial charge in [0.15, 0.2) is 5.65 Å². The zero-order valence-electron chi connectivity index (χ0n) is 18.4. The van der Waals surface area contributed by atoms with Gasteiger partial charge in [0.1, 0.15) is 28.9 Å². The molecule has 4 rings (SSSR count). The second kappa shape index (κ2) is 8.47. The van der Waals surface area contributed by atoms with Gasteiger partial charge in [-0.2, -0.15) is 10.2 Å². The Hall–Kier alpha value is -4.25. The number of nitrogens with one attached hydrogen (secondary N) is 1. The number of anilines is 2. The average Bonchev–Trinajstić information content (AvgIpc) is 3.08. The molecule has 0 atom stereocenters. The highest BCUT2D eigenvalue weighted by Crippen LogP contribution is 2.35. The van der Waals surface area contributed by atoms with Crippen molar-refractivity contribution >= 4 is 22.8 Å². The first kappa shape index (κ1) is 21.0. The fraction of sp³-hybridized carbons (Fsp3) is 0.208. The lowest BCUT2D eigenvalue weighted by molar-refractivity contribution is 0.411. The quantitative estimate of drug-likeness (QED) is 0.475. The second-order valence-corrected chi connectivity index (χ2v) is 7.40. The third-order valence-electron chi connectivity index (χ3n) is 5.49. The number of fused-ring (bicyclic) bond motifs is 1. The second-order valence-electron chi connectivity index (χ2n) is 7.40. The van der Waals surface area contributed by atoms with Crippen molar-refractivity contribution in [3.8, 4) is 23.3 Å². The molecule has 0 spiro atoms. The number of aromatic nitrogens is 3. The Balaban J connectivity index is 1.80. The molecule has 162 valence electrons. The molecule has 0 fully saturated rings. The van der Waals surface area contributed by atoms with Gasteiger partial charge in [0.05, 0.1) is 25.3 Å². The molecule has 0 saturated heterocycles. The van der Waals surface area contributed by atoms with Gasteiger partial charge in [-0.3, -0.25) is 4.57 Å². The number of nitriles is 1. The van der Waals surface area contributed by atoms with Gasteiger partial charge >= 0.3 is 0 Å². The summed E-state index contributed by atoms with van der Waals surface area (Å²) in [5, 5.41) is 13.6. The monoisotopic (exact) mass is 428 g/mol. The molecular weight excluding hydrogens is 404 g/mol. The lowest BCUT2D eigenvalue weighted by atomic mass is 10.1. The van der Waals surface area contributed by atoms with Crippen molar-refractivity contribution in [1.82, 2.24) is 14.5 Å². The van der Waals surface area contributed by atoms with Crippen LogP contribution in [0.2, 0.25) is 0 Å². The molecular formula is C24H24N6O2. The van der Waals surface area contributed by atoms with Crippen molar-refractivity contribution in [2.45, 2.75) is 20.4 Å². The van der Waals surface area contributed by atoms with Gasteiger partial charge in [-0.15, -0.1) is 0 Å². The van der Waals surface area contributed by atoms with Crippen molar-refractivity contribution in [2.24, 2.45) is 0 Å². The number of aryl methyl sites for hydroxylation is 1. The fourth-order valence-electron chi connectivity index (χ4n) is 3.82. The highest BCUT2D eigenvalue weighted by atomic mass is 16.5. The van der Waals surface area contributed by atoms with Crippen LogP contribution >= 0.6 is 0 Å². The molecule has 0 aliphatic rings. The maximum absolute atomic E-state index is 9.73. The first-order valence-electron chi connectivity index (χ1n) is 10.1. The van der Waals surface area contributed by atoms with Crippen LogP contribution < -0.4 is 20.5 Å². The van der Waals surface area contributed by atoms with Crippen LogP contribution in [0.15, 0.2) is 42.6 Å². The van der Waals surface area contributed by atoms with Crippen LogP contribution in [0.5, 0.6) is 11.5 Å². The largest absolute Gasteiger partial charge is 0.497 e. The maximum Gasteiger partial charge on any atom is 0.224 e. The van der Waals surface area contributed by atoms with E-state index in [2.05, 4.69) is 16.4 Å². The molecule has 0 amide bonds. The number of benzene rings is 2. The van der Waals surface area contributed by atoms with Gasteiger partial charge in [0, 0.05) is 18.3 Å². The predicted molar refractivity (Wildman–Crippen MR) is 124 cm³/mol. The van der Waals surface area contributed by atoms with E-state index < -0.39 is 0 Å². The summed E-state index contributed by atoms with van der Waals surface area (Å²) >= 11 is 0. The normalized spacial score (nSPS) is 10.7. The summed E-state index contributed by atoms with van der Waals surface area (Å²) in [5.74, 6) is 2.29. The number of nitrogens with two attached hydrogens (primary N) is 1. The first-order chi connectivity index (χ1) is 15.5. The van der Waals surface area contributed by atoms with Crippen LogP contribution in [0.4, 0.5) is 11.8 Å². The Labute approximate surface area is 186 Å². The number of methoxy groups -OCH3 is 2. The molecule has 2 aromatic carbocycles. The van der Waals surface area contributed by atoms with Gasteiger partial charge < -0.3 is 20.5 Å². The highest BCUT2D eigenvalue weighted by molar-refractivity contribution is 5.92. The molecule has 8 heteroatoms. The van der Waals surface area contributed by atoms with E-state index in [9.17, 15) is 5.26 Å². The lowest BCUT2D eigenvalue weighted by Gasteiger charge is -2.16. The average molecular weight is 428 g/mol. The molecule has 2 heterocycles. The number of ether oxygens (including phenoxy) is 2. The molecule has 0 aliphatic carbocycles. The Bertz CT molecular complexity index is 1340. The molecule has 0 radical (unpaired) electrons. The van der Waals surface area contributed by atoms with Crippen molar-refractivity contribution in [1.29, 1.82) is 5.26 Å². The standard InChI is InChI=1S/C24H24N6O2/c1-14-5-10-20(32-4)15(2)21(14)30-22(26)18(11-25)19-13-28-24(29-23(19)30)27-12-16-6-8-17(31-3)9-7-16/h5-10,13H,12,26H2,1-4H3,(H,27,28,29). The van der Waals surface area contributed by atoms with Crippen LogP contribution in [0.3, 0.4) is 0 Å². The van der Waals surface area contributed by atoms with Crippen LogP contribution in [0.1, 0.15) is 22.3 Å². The van der Waals surface area contributed by atoms with Gasteiger partial charge in [-0.1, -0.05) is 18.2 Å². The van der Waals surface area contributed by atoms with E-state index in [-0.39, 0.29) is 0 Å². The molecule has 0 saturated carbocycles. The van der Waals surface area contributed by atoms with E-state index in [0.717, 1.165) is 33.9 Å².